The van der Waals surface area contributed by atoms with Gasteiger partial charge in [-0.2, -0.15) is 0 Å². The monoisotopic (exact) mass is 398 g/mol. The van der Waals surface area contributed by atoms with Gasteiger partial charge in [-0.1, -0.05) is 12.1 Å². The average molecular weight is 398 g/mol. The lowest BCUT2D eigenvalue weighted by molar-refractivity contribution is -0.150. The molecule has 3 heterocycles. The molecule has 8 heteroatoms. The molecule has 1 spiro atoms. The third kappa shape index (κ3) is 4.06. The van der Waals surface area contributed by atoms with Crippen molar-refractivity contribution in [2.24, 2.45) is 5.41 Å². The van der Waals surface area contributed by atoms with E-state index in [-0.39, 0.29) is 18.1 Å². The van der Waals surface area contributed by atoms with Gasteiger partial charge in [0.2, 0.25) is 0 Å². The first-order valence-corrected chi connectivity index (χ1v) is 10.0. The Kier molecular flexibility index (Phi) is 5.42. The molecule has 0 bridgehead atoms. The highest BCUT2D eigenvalue weighted by Gasteiger charge is 2.50. The van der Waals surface area contributed by atoms with Crippen molar-refractivity contribution < 1.29 is 19.1 Å². The molecule has 1 unspecified atom stereocenters. The smallest absolute Gasteiger partial charge is 0.321 e. The Labute approximate surface area is 169 Å². The number of cyclic esters (lactones) is 1. The molecule has 4 rings (SSSR count). The first-order valence-electron chi connectivity index (χ1n) is 10.0. The van der Waals surface area contributed by atoms with Crippen molar-refractivity contribution in [1.82, 2.24) is 14.5 Å². The fraction of sp³-hybridized carbons (Fsp3) is 0.476. The number of urea groups is 1. The summed E-state index contributed by atoms with van der Waals surface area (Å²) in [6.07, 6.45) is 7.09. The van der Waals surface area contributed by atoms with E-state index in [9.17, 15) is 9.59 Å². The lowest BCUT2D eigenvalue weighted by atomic mass is 9.76. The van der Waals surface area contributed by atoms with Gasteiger partial charge in [0.05, 0.1) is 30.6 Å². The molecule has 0 aliphatic carbocycles. The Morgan fingerprint density at radius 3 is 2.86 bits per heavy atom. The van der Waals surface area contributed by atoms with E-state index in [2.05, 4.69) is 10.3 Å². The van der Waals surface area contributed by atoms with Crippen molar-refractivity contribution >= 4 is 17.7 Å². The van der Waals surface area contributed by atoms with Crippen LogP contribution in [0.5, 0.6) is 5.75 Å². The van der Waals surface area contributed by atoms with E-state index < -0.39 is 5.41 Å². The van der Waals surface area contributed by atoms with Gasteiger partial charge in [0, 0.05) is 31.9 Å². The van der Waals surface area contributed by atoms with Crippen LogP contribution in [-0.4, -0.2) is 52.3 Å². The Morgan fingerprint density at radius 1 is 1.34 bits per heavy atom. The molecular weight excluding hydrogens is 372 g/mol. The van der Waals surface area contributed by atoms with Crippen LogP contribution in [0.15, 0.2) is 43.0 Å². The molecule has 2 aliphatic rings. The maximum Gasteiger partial charge on any atom is 0.321 e. The van der Waals surface area contributed by atoms with Crippen LogP contribution in [0.4, 0.5) is 10.5 Å². The van der Waals surface area contributed by atoms with Crippen LogP contribution in [0.2, 0.25) is 0 Å². The zero-order valence-electron chi connectivity index (χ0n) is 16.5. The average Bonchev–Trinajstić information content (AvgIpc) is 3.33. The number of rotatable bonds is 5. The van der Waals surface area contributed by atoms with Gasteiger partial charge in [-0.15, -0.1) is 0 Å². The van der Waals surface area contributed by atoms with E-state index in [1.807, 2.05) is 42.0 Å². The number of piperidine rings is 1. The van der Waals surface area contributed by atoms with Crippen molar-refractivity contribution in [2.45, 2.75) is 38.8 Å². The molecule has 2 amide bonds. The van der Waals surface area contributed by atoms with E-state index in [0.29, 0.717) is 56.9 Å². The number of esters is 1. The molecule has 0 radical (unpaired) electrons. The van der Waals surface area contributed by atoms with Crippen LogP contribution < -0.4 is 10.1 Å². The quantitative estimate of drug-likeness (QED) is 0.783. The number of carbonyl (C=O) groups is 2. The van der Waals surface area contributed by atoms with Crippen LogP contribution in [-0.2, 0) is 16.1 Å². The summed E-state index contributed by atoms with van der Waals surface area (Å²) < 4.78 is 13.1. The first kappa shape index (κ1) is 19.3. The van der Waals surface area contributed by atoms with Crippen molar-refractivity contribution in [2.75, 3.05) is 25.0 Å². The van der Waals surface area contributed by atoms with E-state index in [4.69, 9.17) is 9.47 Å². The number of nitrogens with zero attached hydrogens (tertiary/aromatic N) is 3. The summed E-state index contributed by atoms with van der Waals surface area (Å²) in [5.74, 6) is 0.517. The highest BCUT2D eigenvalue weighted by Crippen LogP contribution is 2.43. The number of carbonyl (C=O) groups excluding carboxylic acids is 2. The van der Waals surface area contributed by atoms with Gasteiger partial charge in [0.1, 0.15) is 11.9 Å². The molecule has 1 atom stereocenters. The van der Waals surface area contributed by atoms with Gasteiger partial charge in [-0.05, 0) is 31.9 Å². The van der Waals surface area contributed by atoms with Crippen molar-refractivity contribution in [3.05, 3.63) is 43.0 Å². The van der Waals surface area contributed by atoms with E-state index in [1.54, 1.807) is 17.4 Å². The first-order chi connectivity index (χ1) is 14.1. The number of benzene rings is 1. The van der Waals surface area contributed by atoms with Gasteiger partial charge in [0.15, 0.2) is 0 Å². The highest BCUT2D eigenvalue weighted by molar-refractivity contribution is 5.91. The van der Waals surface area contributed by atoms with Crippen LogP contribution in [0.25, 0.3) is 0 Å². The topological polar surface area (TPSA) is 85.7 Å². The SMILES string of the molecule is CCOc1ccccc1NC(=O)N1CCC2(CC1)CC(Cn1ccnc1)OC2=O. The van der Waals surface area contributed by atoms with Crippen molar-refractivity contribution in [1.29, 1.82) is 0 Å². The lowest BCUT2D eigenvalue weighted by Crippen LogP contribution is -2.46. The van der Waals surface area contributed by atoms with Crippen molar-refractivity contribution in [3.8, 4) is 5.75 Å². The number of nitrogens with one attached hydrogen (secondary N) is 1. The molecule has 2 aliphatic heterocycles. The normalized spacial score (nSPS) is 20.5. The molecule has 2 fully saturated rings. The van der Waals surface area contributed by atoms with Crippen LogP contribution in [0, 0.1) is 5.41 Å². The van der Waals surface area contributed by atoms with Crippen LogP contribution in [0.1, 0.15) is 26.2 Å². The van der Waals surface area contributed by atoms with Gasteiger partial charge >= 0.3 is 12.0 Å². The number of hydrogen-bond donors (Lipinski definition) is 1. The summed E-state index contributed by atoms with van der Waals surface area (Å²) in [7, 11) is 0. The second kappa shape index (κ2) is 8.14. The van der Waals surface area contributed by atoms with E-state index >= 15 is 0 Å². The predicted octanol–water partition coefficient (Wildman–Crippen LogP) is 2.91. The van der Waals surface area contributed by atoms with Crippen molar-refractivity contribution in [3.63, 3.8) is 0 Å². The van der Waals surface area contributed by atoms with Gasteiger partial charge in [-0.3, -0.25) is 4.79 Å². The molecular formula is C21H26N4O4. The van der Waals surface area contributed by atoms with Crippen LogP contribution >= 0.6 is 0 Å². The molecule has 1 N–H and O–H groups in total. The number of imidazole rings is 1. The minimum absolute atomic E-state index is 0.135. The Bertz CT molecular complexity index is 859. The molecule has 0 saturated carbocycles. The maximum atomic E-state index is 12.7. The van der Waals surface area contributed by atoms with E-state index in [1.165, 1.54) is 0 Å². The minimum Gasteiger partial charge on any atom is -0.492 e. The van der Waals surface area contributed by atoms with Crippen LogP contribution in [0.3, 0.4) is 0 Å². The highest BCUT2D eigenvalue weighted by atomic mass is 16.6. The number of anilines is 1. The molecule has 2 aromatic rings. The fourth-order valence-corrected chi connectivity index (χ4v) is 4.16. The number of ether oxygens (including phenoxy) is 2. The molecule has 154 valence electrons. The number of likely N-dealkylation sites (tertiary alicyclic amines) is 1. The number of hydrogen-bond acceptors (Lipinski definition) is 5. The largest absolute Gasteiger partial charge is 0.492 e. The second-order valence-electron chi connectivity index (χ2n) is 7.62. The number of aromatic nitrogens is 2. The zero-order valence-corrected chi connectivity index (χ0v) is 16.5. The zero-order chi connectivity index (χ0) is 20.3. The molecule has 1 aromatic carbocycles. The summed E-state index contributed by atoms with van der Waals surface area (Å²) in [5, 5.41) is 2.93. The summed E-state index contributed by atoms with van der Waals surface area (Å²) in [6.45, 7) is 4.10. The summed E-state index contributed by atoms with van der Waals surface area (Å²) in [4.78, 5) is 31.1. The Hall–Kier alpha value is -3.03. The molecule has 2 saturated heterocycles. The molecule has 29 heavy (non-hydrogen) atoms. The number of para-hydroxylation sites is 2. The summed E-state index contributed by atoms with van der Waals surface area (Å²) in [5.41, 5.74) is 0.172. The molecule has 1 aromatic heterocycles. The summed E-state index contributed by atoms with van der Waals surface area (Å²) >= 11 is 0. The third-order valence-electron chi connectivity index (χ3n) is 5.74. The lowest BCUT2D eigenvalue weighted by Gasteiger charge is -2.36. The Balaban J connectivity index is 1.34. The fourth-order valence-electron chi connectivity index (χ4n) is 4.16. The van der Waals surface area contributed by atoms with Gasteiger partial charge in [-0.25, -0.2) is 9.78 Å². The molecule has 8 nitrogen and oxygen atoms in total. The van der Waals surface area contributed by atoms with Gasteiger partial charge < -0.3 is 24.3 Å². The second-order valence-corrected chi connectivity index (χ2v) is 7.62. The summed E-state index contributed by atoms with van der Waals surface area (Å²) in [6, 6.07) is 7.21. The van der Waals surface area contributed by atoms with Gasteiger partial charge in [0.25, 0.3) is 0 Å². The maximum absolute atomic E-state index is 12.7. The Morgan fingerprint density at radius 2 is 2.14 bits per heavy atom. The number of amides is 2. The minimum atomic E-state index is -0.481. The third-order valence-corrected chi connectivity index (χ3v) is 5.74. The van der Waals surface area contributed by atoms with E-state index in [0.717, 1.165) is 0 Å². The standard InChI is InChI=1S/C21H26N4O4/c1-2-28-18-6-4-3-5-17(18)23-20(27)25-10-7-21(8-11-25)13-16(29-19(21)26)14-24-12-9-22-15-24/h3-6,9,12,15-16H,2,7-8,10-11,13-14H2,1H3,(H,23,27). The predicted molar refractivity (Wildman–Crippen MR) is 107 cm³/mol.